The number of fused-ring (bicyclic) bond motifs is 1. The molecule has 2 N–H and O–H groups in total. The predicted octanol–water partition coefficient (Wildman–Crippen LogP) is 4.50. The van der Waals surface area contributed by atoms with E-state index in [-0.39, 0.29) is 5.78 Å². The van der Waals surface area contributed by atoms with Crippen molar-refractivity contribution in [3.05, 3.63) is 102 Å². The molecule has 3 nitrogen and oxygen atoms in total. The Labute approximate surface area is 146 Å². The molecular formula is C22H18N2O. The topological polar surface area (TPSA) is 48.0 Å². The summed E-state index contributed by atoms with van der Waals surface area (Å²) in [5.74, 6) is 0.0167. The molecule has 0 aliphatic rings. The fourth-order valence-corrected chi connectivity index (χ4v) is 3.15. The van der Waals surface area contributed by atoms with E-state index in [1.807, 2.05) is 72.9 Å². The highest BCUT2D eigenvalue weighted by molar-refractivity contribution is 6.16. The monoisotopic (exact) mass is 326 g/mol. The van der Waals surface area contributed by atoms with Crippen molar-refractivity contribution < 1.29 is 4.79 Å². The number of carbonyl (C=O) groups is 1. The van der Waals surface area contributed by atoms with Crippen LogP contribution in [0.1, 0.15) is 21.5 Å². The van der Waals surface area contributed by atoms with Gasteiger partial charge in [0.15, 0.2) is 5.78 Å². The van der Waals surface area contributed by atoms with Crippen LogP contribution in [0.15, 0.2) is 85.1 Å². The highest BCUT2D eigenvalue weighted by Crippen LogP contribution is 2.27. The molecule has 0 radical (unpaired) electrons. The molecule has 0 bridgehead atoms. The molecule has 3 aromatic carbocycles. The van der Waals surface area contributed by atoms with Crippen molar-refractivity contribution in [3.8, 4) is 0 Å². The fraction of sp³-hybridized carbons (Fsp3) is 0.0455. The summed E-state index contributed by atoms with van der Waals surface area (Å²) in [6, 6.07) is 25.3. The lowest BCUT2D eigenvalue weighted by atomic mass is 10.0. The molecule has 0 saturated heterocycles. The second kappa shape index (κ2) is 6.29. The van der Waals surface area contributed by atoms with Gasteiger partial charge in [0.25, 0.3) is 0 Å². The number of benzene rings is 3. The van der Waals surface area contributed by atoms with E-state index in [1.165, 1.54) is 5.56 Å². The maximum atomic E-state index is 13.0. The number of nitrogens with two attached hydrogens (primary N) is 1. The fourth-order valence-electron chi connectivity index (χ4n) is 3.15. The maximum absolute atomic E-state index is 13.0. The molecule has 0 aliphatic heterocycles. The number of nitrogens with zero attached hydrogens (tertiary/aromatic N) is 1. The van der Waals surface area contributed by atoms with Gasteiger partial charge in [-0.05, 0) is 23.8 Å². The molecule has 0 atom stereocenters. The Balaban J connectivity index is 1.84. The first kappa shape index (κ1) is 15.2. The van der Waals surface area contributed by atoms with Crippen LogP contribution in [-0.4, -0.2) is 10.4 Å². The number of rotatable bonds is 4. The van der Waals surface area contributed by atoms with Gasteiger partial charge in [0, 0.05) is 40.5 Å². The molecule has 0 amide bonds. The van der Waals surface area contributed by atoms with Gasteiger partial charge in [-0.3, -0.25) is 4.79 Å². The molecule has 0 aliphatic carbocycles. The average molecular weight is 326 g/mol. The van der Waals surface area contributed by atoms with E-state index in [1.54, 1.807) is 0 Å². The molecule has 122 valence electrons. The summed E-state index contributed by atoms with van der Waals surface area (Å²) >= 11 is 0. The van der Waals surface area contributed by atoms with Gasteiger partial charge >= 0.3 is 0 Å². The number of anilines is 1. The predicted molar refractivity (Wildman–Crippen MR) is 102 cm³/mol. The third-order valence-corrected chi connectivity index (χ3v) is 4.38. The van der Waals surface area contributed by atoms with Crippen molar-refractivity contribution in [3.63, 3.8) is 0 Å². The van der Waals surface area contributed by atoms with Crippen molar-refractivity contribution in [2.24, 2.45) is 0 Å². The lowest BCUT2D eigenvalue weighted by molar-refractivity contribution is 0.104. The van der Waals surface area contributed by atoms with Crippen molar-refractivity contribution >= 4 is 22.4 Å². The van der Waals surface area contributed by atoms with Gasteiger partial charge in [-0.1, -0.05) is 60.7 Å². The molecular weight excluding hydrogens is 308 g/mol. The molecule has 0 unspecified atom stereocenters. The summed E-state index contributed by atoms with van der Waals surface area (Å²) in [5.41, 5.74) is 10.2. The van der Waals surface area contributed by atoms with E-state index in [0.717, 1.165) is 10.9 Å². The zero-order valence-corrected chi connectivity index (χ0v) is 13.7. The Bertz CT molecular complexity index is 1030. The van der Waals surface area contributed by atoms with Gasteiger partial charge in [-0.15, -0.1) is 0 Å². The van der Waals surface area contributed by atoms with Crippen LogP contribution in [0.4, 0.5) is 5.69 Å². The van der Waals surface area contributed by atoms with Gasteiger partial charge in [-0.25, -0.2) is 0 Å². The average Bonchev–Trinajstić information content (AvgIpc) is 3.00. The van der Waals surface area contributed by atoms with Gasteiger partial charge in [0.1, 0.15) is 0 Å². The van der Waals surface area contributed by atoms with Crippen LogP contribution in [-0.2, 0) is 6.54 Å². The number of carbonyl (C=O) groups excluding carboxylic acids is 1. The van der Waals surface area contributed by atoms with Crippen LogP contribution >= 0.6 is 0 Å². The second-order valence-electron chi connectivity index (χ2n) is 6.13. The minimum atomic E-state index is 0.0167. The third-order valence-electron chi connectivity index (χ3n) is 4.38. The minimum Gasteiger partial charge on any atom is -0.399 e. The van der Waals surface area contributed by atoms with Crippen molar-refractivity contribution in [2.75, 3.05) is 5.73 Å². The first-order valence-corrected chi connectivity index (χ1v) is 8.24. The Hall–Kier alpha value is -3.33. The van der Waals surface area contributed by atoms with Gasteiger partial charge in [0.05, 0.1) is 0 Å². The summed E-state index contributed by atoms with van der Waals surface area (Å²) in [5, 5.41) is 0.893. The van der Waals surface area contributed by atoms with Gasteiger partial charge in [0.2, 0.25) is 0 Å². The quantitative estimate of drug-likeness (QED) is 0.443. The van der Waals surface area contributed by atoms with Gasteiger partial charge < -0.3 is 10.3 Å². The van der Waals surface area contributed by atoms with E-state index in [0.29, 0.717) is 23.4 Å². The maximum Gasteiger partial charge on any atom is 0.195 e. The Morgan fingerprint density at radius 1 is 0.880 bits per heavy atom. The standard InChI is InChI=1S/C22H18N2O/c23-18-11-12-21-19(13-18)20(22(25)17-9-5-2-6-10-17)15-24(21)14-16-7-3-1-4-8-16/h1-13,15H,14,23H2. The molecule has 1 heterocycles. The Kier molecular flexibility index (Phi) is 3.82. The van der Waals surface area contributed by atoms with Crippen LogP contribution < -0.4 is 5.73 Å². The zero-order valence-electron chi connectivity index (χ0n) is 13.7. The SMILES string of the molecule is Nc1ccc2c(c1)c(C(=O)c1ccccc1)cn2Cc1ccccc1. The van der Waals surface area contributed by atoms with E-state index >= 15 is 0 Å². The first-order chi connectivity index (χ1) is 12.2. The van der Waals surface area contributed by atoms with Crippen LogP contribution in [0.2, 0.25) is 0 Å². The molecule has 4 aromatic rings. The first-order valence-electron chi connectivity index (χ1n) is 8.24. The van der Waals surface area contributed by atoms with E-state index in [2.05, 4.69) is 16.7 Å². The summed E-state index contributed by atoms with van der Waals surface area (Å²) in [4.78, 5) is 13.0. The molecule has 3 heteroatoms. The largest absolute Gasteiger partial charge is 0.399 e. The van der Waals surface area contributed by atoms with Crippen LogP contribution in [0.3, 0.4) is 0 Å². The molecule has 0 saturated carbocycles. The number of hydrogen-bond donors (Lipinski definition) is 1. The zero-order chi connectivity index (χ0) is 17.2. The molecule has 1 aromatic heterocycles. The van der Waals surface area contributed by atoms with Gasteiger partial charge in [-0.2, -0.15) is 0 Å². The molecule has 0 spiro atoms. The summed E-state index contributed by atoms with van der Waals surface area (Å²) in [6.45, 7) is 0.712. The number of aromatic nitrogens is 1. The second-order valence-corrected chi connectivity index (χ2v) is 6.13. The molecule has 25 heavy (non-hydrogen) atoms. The van der Waals surface area contributed by atoms with Crippen molar-refractivity contribution in [1.82, 2.24) is 4.57 Å². The highest BCUT2D eigenvalue weighted by Gasteiger charge is 2.17. The Morgan fingerprint density at radius 2 is 1.56 bits per heavy atom. The summed E-state index contributed by atoms with van der Waals surface area (Å²) in [6.07, 6.45) is 1.94. The summed E-state index contributed by atoms with van der Waals surface area (Å²) < 4.78 is 2.11. The number of nitrogen functional groups attached to an aromatic ring is 1. The van der Waals surface area contributed by atoms with E-state index < -0.39 is 0 Å². The van der Waals surface area contributed by atoms with Crippen LogP contribution in [0.5, 0.6) is 0 Å². The third kappa shape index (κ3) is 2.92. The minimum absolute atomic E-state index is 0.0167. The lowest BCUT2D eigenvalue weighted by Crippen LogP contribution is -2.01. The highest BCUT2D eigenvalue weighted by atomic mass is 16.1. The molecule has 4 rings (SSSR count). The van der Waals surface area contributed by atoms with E-state index in [9.17, 15) is 4.79 Å². The molecule has 0 fully saturated rings. The normalized spacial score (nSPS) is 10.9. The van der Waals surface area contributed by atoms with Crippen molar-refractivity contribution in [1.29, 1.82) is 0 Å². The van der Waals surface area contributed by atoms with Crippen LogP contribution in [0.25, 0.3) is 10.9 Å². The summed E-state index contributed by atoms with van der Waals surface area (Å²) in [7, 11) is 0. The number of ketones is 1. The Morgan fingerprint density at radius 3 is 2.28 bits per heavy atom. The van der Waals surface area contributed by atoms with Crippen molar-refractivity contribution in [2.45, 2.75) is 6.54 Å². The number of hydrogen-bond acceptors (Lipinski definition) is 2. The van der Waals surface area contributed by atoms with Crippen LogP contribution in [0, 0.1) is 0 Å². The van der Waals surface area contributed by atoms with E-state index in [4.69, 9.17) is 5.73 Å². The lowest BCUT2D eigenvalue weighted by Gasteiger charge is -2.05. The smallest absolute Gasteiger partial charge is 0.195 e.